The number of aliphatic imine (C=N–C) groups is 1. The van der Waals surface area contributed by atoms with Crippen LogP contribution in [0.2, 0.25) is 0 Å². The zero-order valence-electron chi connectivity index (χ0n) is 16.2. The van der Waals surface area contributed by atoms with Crippen molar-refractivity contribution in [1.29, 1.82) is 0 Å². The van der Waals surface area contributed by atoms with Gasteiger partial charge >= 0.3 is 0 Å². The van der Waals surface area contributed by atoms with E-state index in [0.717, 1.165) is 27.7 Å². The van der Waals surface area contributed by atoms with E-state index in [4.69, 9.17) is 14.5 Å². The molecule has 1 amide bonds. The van der Waals surface area contributed by atoms with E-state index in [2.05, 4.69) is 28.9 Å². The van der Waals surface area contributed by atoms with E-state index in [0.29, 0.717) is 21.6 Å². The van der Waals surface area contributed by atoms with Crippen LogP contribution < -0.4 is 9.47 Å². The number of nitrogens with zero attached hydrogens (tertiary/aromatic N) is 2. The van der Waals surface area contributed by atoms with E-state index in [1.165, 1.54) is 11.8 Å². The first-order valence-electron chi connectivity index (χ1n) is 8.74. The molecule has 3 rings (SSSR count). The highest BCUT2D eigenvalue weighted by atomic mass is 79.9. The summed E-state index contributed by atoms with van der Waals surface area (Å²) in [5.41, 5.74) is 2.82. The van der Waals surface area contributed by atoms with Crippen LogP contribution in [0.3, 0.4) is 0 Å². The SMILES string of the molecule is CCc1ccccc1N=C1S/C(=C/c2cc(Br)c(OC)cc2OC)C(=O)N1C. The Labute approximate surface area is 177 Å². The van der Waals surface area contributed by atoms with Crippen molar-refractivity contribution < 1.29 is 14.3 Å². The number of amides is 1. The van der Waals surface area contributed by atoms with Crippen molar-refractivity contribution >= 4 is 50.5 Å². The molecule has 1 aliphatic heterocycles. The normalized spacial score (nSPS) is 16.9. The highest BCUT2D eigenvalue weighted by Crippen LogP contribution is 2.38. The van der Waals surface area contributed by atoms with Gasteiger partial charge in [-0.3, -0.25) is 9.69 Å². The minimum atomic E-state index is -0.0910. The third kappa shape index (κ3) is 4.10. The first kappa shape index (κ1) is 20.5. The second-order valence-corrected chi connectivity index (χ2v) is 7.94. The number of thioether (sulfide) groups is 1. The van der Waals surface area contributed by atoms with Crippen molar-refractivity contribution in [3.8, 4) is 11.5 Å². The van der Waals surface area contributed by atoms with Crippen LogP contribution in [0, 0.1) is 0 Å². The average molecular weight is 461 g/mol. The fourth-order valence-electron chi connectivity index (χ4n) is 2.81. The molecule has 0 unspecified atom stereocenters. The van der Waals surface area contributed by atoms with Gasteiger partial charge in [-0.25, -0.2) is 4.99 Å². The lowest BCUT2D eigenvalue weighted by atomic mass is 10.1. The van der Waals surface area contributed by atoms with Crippen LogP contribution in [0.5, 0.6) is 11.5 Å². The van der Waals surface area contributed by atoms with E-state index < -0.39 is 0 Å². The lowest BCUT2D eigenvalue weighted by Gasteiger charge is -2.10. The summed E-state index contributed by atoms with van der Waals surface area (Å²) in [7, 11) is 4.93. The molecule has 0 N–H and O–H groups in total. The molecule has 0 atom stereocenters. The Balaban J connectivity index is 1.98. The van der Waals surface area contributed by atoms with Crippen LogP contribution in [-0.2, 0) is 11.2 Å². The molecule has 0 saturated carbocycles. The third-order valence-corrected chi connectivity index (χ3v) is 6.06. The molecular weight excluding hydrogens is 440 g/mol. The summed E-state index contributed by atoms with van der Waals surface area (Å²) in [4.78, 5) is 19.6. The van der Waals surface area contributed by atoms with E-state index >= 15 is 0 Å². The Morgan fingerprint density at radius 1 is 1.18 bits per heavy atom. The molecule has 0 radical (unpaired) electrons. The van der Waals surface area contributed by atoms with Crippen LogP contribution in [0.4, 0.5) is 5.69 Å². The van der Waals surface area contributed by atoms with Gasteiger partial charge in [0, 0.05) is 18.7 Å². The molecule has 0 aromatic heterocycles. The first-order valence-corrected chi connectivity index (χ1v) is 10.3. The summed E-state index contributed by atoms with van der Waals surface area (Å²) in [6.07, 6.45) is 2.70. The summed E-state index contributed by atoms with van der Waals surface area (Å²) in [5.74, 6) is 1.21. The molecule has 1 fully saturated rings. The molecule has 7 heteroatoms. The average Bonchev–Trinajstić information content (AvgIpc) is 2.96. The molecule has 5 nitrogen and oxygen atoms in total. The van der Waals surface area contributed by atoms with Gasteiger partial charge in [0.05, 0.1) is 29.3 Å². The first-order chi connectivity index (χ1) is 13.5. The lowest BCUT2D eigenvalue weighted by Crippen LogP contribution is -2.23. The number of methoxy groups -OCH3 is 2. The van der Waals surface area contributed by atoms with Gasteiger partial charge in [0.25, 0.3) is 5.91 Å². The number of hydrogen-bond donors (Lipinski definition) is 0. The van der Waals surface area contributed by atoms with Crippen LogP contribution in [0.1, 0.15) is 18.1 Å². The smallest absolute Gasteiger partial charge is 0.266 e. The Morgan fingerprint density at radius 3 is 2.57 bits per heavy atom. The molecule has 0 bridgehead atoms. The van der Waals surface area contributed by atoms with Gasteiger partial charge in [0.2, 0.25) is 0 Å². The molecule has 2 aromatic rings. The number of para-hydroxylation sites is 1. The maximum absolute atomic E-state index is 12.8. The van der Waals surface area contributed by atoms with Gasteiger partial charge in [0.15, 0.2) is 5.17 Å². The summed E-state index contributed by atoms with van der Waals surface area (Å²) < 4.78 is 11.6. The number of aryl methyl sites for hydroxylation is 1. The van der Waals surface area contributed by atoms with E-state index in [1.807, 2.05) is 30.3 Å². The maximum Gasteiger partial charge on any atom is 0.266 e. The molecule has 1 aliphatic rings. The second-order valence-electron chi connectivity index (χ2n) is 6.08. The molecule has 1 heterocycles. The highest BCUT2D eigenvalue weighted by Gasteiger charge is 2.31. The summed E-state index contributed by atoms with van der Waals surface area (Å²) in [6, 6.07) is 11.6. The van der Waals surface area contributed by atoms with E-state index in [9.17, 15) is 4.79 Å². The van der Waals surface area contributed by atoms with E-state index in [1.54, 1.807) is 32.2 Å². The van der Waals surface area contributed by atoms with Gasteiger partial charge in [-0.2, -0.15) is 0 Å². The molecule has 146 valence electrons. The monoisotopic (exact) mass is 460 g/mol. The van der Waals surface area contributed by atoms with Crippen LogP contribution in [0.25, 0.3) is 6.08 Å². The standard InChI is InChI=1S/C21H21BrN2O3S/c1-5-13-8-6-7-9-16(13)23-21-24(2)20(25)19(28-21)11-14-10-15(22)18(27-4)12-17(14)26-3/h6-12H,5H2,1-4H3/b19-11+,23-21?. The number of carbonyl (C=O) groups excluding carboxylic acids is 1. The number of likely N-dealkylation sites (N-methyl/N-ethyl adjacent to an activating group) is 1. The van der Waals surface area contributed by atoms with Crippen LogP contribution in [-0.4, -0.2) is 37.2 Å². The fraction of sp³-hybridized carbons (Fsp3) is 0.238. The molecule has 0 aliphatic carbocycles. The van der Waals surface area contributed by atoms with Gasteiger partial charge in [0.1, 0.15) is 11.5 Å². The highest BCUT2D eigenvalue weighted by molar-refractivity contribution is 9.10. The van der Waals surface area contributed by atoms with Gasteiger partial charge in [-0.05, 0) is 57.9 Å². The Morgan fingerprint density at radius 2 is 1.89 bits per heavy atom. The number of rotatable bonds is 5. The Bertz CT molecular complexity index is 972. The minimum absolute atomic E-state index is 0.0910. The van der Waals surface area contributed by atoms with Gasteiger partial charge < -0.3 is 9.47 Å². The summed E-state index contributed by atoms with van der Waals surface area (Å²) in [5, 5.41) is 0.656. The van der Waals surface area contributed by atoms with Crippen molar-refractivity contribution in [3.05, 3.63) is 56.9 Å². The molecule has 0 spiro atoms. The predicted octanol–water partition coefficient (Wildman–Crippen LogP) is 5.26. The summed E-state index contributed by atoms with van der Waals surface area (Å²) in [6.45, 7) is 2.09. The maximum atomic E-state index is 12.8. The van der Waals surface area contributed by atoms with Crippen molar-refractivity contribution in [3.63, 3.8) is 0 Å². The minimum Gasteiger partial charge on any atom is -0.496 e. The number of hydrogen-bond acceptors (Lipinski definition) is 5. The number of benzene rings is 2. The summed E-state index contributed by atoms with van der Waals surface area (Å²) >= 11 is 4.84. The van der Waals surface area contributed by atoms with Gasteiger partial charge in [-0.15, -0.1) is 0 Å². The molecule has 1 saturated heterocycles. The third-order valence-electron chi connectivity index (χ3n) is 4.38. The predicted molar refractivity (Wildman–Crippen MR) is 118 cm³/mol. The van der Waals surface area contributed by atoms with Crippen molar-refractivity contribution in [1.82, 2.24) is 4.90 Å². The Kier molecular flexibility index (Phi) is 6.46. The zero-order valence-corrected chi connectivity index (χ0v) is 18.6. The van der Waals surface area contributed by atoms with Crippen LogP contribution in [0.15, 0.2) is 50.8 Å². The number of amidine groups is 1. The Hall–Kier alpha value is -2.25. The number of ether oxygens (including phenoxy) is 2. The second kappa shape index (κ2) is 8.84. The molecule has 2 aromatic carbocycles. The topological polar surface area (TPSA) is 51.1 Å². The number of carbonyl (C=O) groups is 1. The number of halogens is 1. The van der Waals surface area contributed by atoms with Crippen molar-refractivity contribution in [2.75, 3.05) is 21.3 Å². The van der Waals surface area contributed by atoms with Crippen molar-refractivity contribution in [2.45, 2.75) is 13.3 Å². The lowest BCUT2D eigenvalue weighted by molar-refractivity contribution is -0.121. The van der Waals surface area contributed by atoms with E-state index in [-0.39, 0.29) is 5.91 Å². The zero-order chi connectivity index (χ0) is 20.3. The van der Waals surface area contributed by atoms with Crippen molar-refractivity contribution in [2.24, 2.45) is 4.99 Å². The quantitative estimate of drug-likeness (QED) is 0.570. The fourth-order valence-corrected chi connectivity index (χ4v) is 4.30. The van der Waals surface area contributed by atoms with Crippen LogP contribution >= 0.6 is 27.7 Å². The molecule has 28 heavy (non-hydrogen) atoms. The largest absolute Gasteiger partial charge is 0.496 e. The molecular formula is C21H21BrN2O3S. The van der Waals surface area contributed by atoms with Gasteiger partial charge in [-0.1, -0.05) is 25.1 Å².